The second kappa shape index (κ2) is 13.0. The highest BCUT2D eigenvalue weighted by Gasteiger charge is 2.15. The van der Waals surface area contributed by atoms with Gasteiger partial charge in [0.2, 0.25) is 0 Å². The van der Waals surface area contributed by atoms with Gasteiger partial charge in [-0.3, -0.25) is 14.4 Å². The highest BCUT2D eigenvalue weighted by atomic mass is 79.9. The lowest BCUT2D eigenvalue weighted by atomic mass is 10.1. The molecule has 0 fully saturated rings. The number of anilines is 1. The van der Waals surface area contributed by atoms with E-state index in [4.69, 9.17) is 0 Å². The van der Waals surface area contributed by atoms with Gasteiger partial charge in [-0.05, 0) is 67.1 Å². The first-order chi connectivity index (χ1) is 18.4. The van der Waals surface area contributed by atoms with Gasteiger partial charge in [-0.25, -0.2) is 0 Å². The van der Waals surface area contributed by atoms with Crippen molar-refractivity contribution in [2.45, 2.75) is 11.8 Å². The van der Waals surface area contributed by atoms with E-state index in [1.165, 1.54) is 11.8 Å². The monoisotopic (exact) mass is 584 g/mol. The van der Waals surface area contributed by atoms with Crippen LogP contribution in [0.4, 0.5) is 5.69 Å². The SMILES string of the molecule is Cc1ccc(C(=O)CSc2ccc(NC(=O)/C(=C/c3ccc(Br)cc3)NC(=O)c3ccccc3)cc2)cc1. The van der Waals surface area contributed by atoms with Crippen molar-refractivity contribution in [1.29, 1.82) is 0 Å². The Morgan fingerprint density at radius 1 is 0.789 bits per heavy atom. The molecule has 38 heavy (non-hydrogen) atoms. The topological polar surface area (TPSA) is 75.3 Å². The van der Waals surface area contributed by atoms with E-state index in [9.17, 15) is 14.4 Å². The Morgan fingerprint density at radius 2 is 1.45 bits per heavy atom. The molecule has 190 valence electrons. The smallest absolute Gasteiger partial charge is 0.272 e. The van der Waals surface area contributed by atoms with Gasteiger partial charge in [-0.1, -0.05) is 76.1 Å². The summed E-state index contributed by atoms with van der Waals surface area (Å²) in [5, 5.41) is 5.58. The number of nitrogens with one attached hydrogen (secondary N) is 2. The zero-order chi connectivity index (χ0) is 26.9. The molecule has 0 aliphatic carbocycles. The van der Waals surface area contributed by atoms with Gasteiger partial charge in [0.15, 0.2) is 5.78 Å². The fourth-order valence-electron chi connectivity index (χ4n) is 3.47. The van der Waals surface area contributed by atoms with Gasteiger partial charge in [-0.15, -0.1) is 11.8 Å². The molecule has 5 nitrogen and oxygen atoms in total. The fourth-order valence-corrected chi connectivity index (χ4v) is 4.53. The molecule has 4 rings (SSSR count). The summed E-state index contributed by atoms with van der Waals surface area (Å²) in [6.45, 7) is 1.99. The lowest BCUT2D eigenvalue weighted by molar-refractivity contribution is -0.113. The number of hydrogen-bond donors (Lipinski definition) is 2. The van der Waals surface area contributed by atoms with Gasteiger partial charge in [0.1, 0.15) is 5.70 Å². The molecule has 2 amide bonds. The van der Waals surface area contributed by atoms with Crippen molar-refractivity contribution in [3.63, 3.8) is 0 Å². The summed E-state index contributed by atoms with van der Waals surface area (Å²) in [6.07, 6.45) is 1.63. The molecule has 0 aliphatic rings. The molecule has 0 atom stereocenters. The lowest BCUT2D eigenvalue weighted by Gasteiger charge is -2.12. The van der Waals surface area contributed by atoms with Crippen LogP contribution in [-0.4, -0.2) is 23.4 Å². The lowest BCUT2D eigenvalue weighted by Crippen LogP contribution is -2.30. The van der Waals surface area contributed by atoms with E-state index in [-0.39, 0.29) is 17.4 Å². The van der Waals surface area contributed by atoms with Crippen molar-refractivity contribution in [2.75, 3.05) is 11.1 Å². The minimum Gasteiger partial charge on any atom is -0.321 e. The third kappa shape index (κ3) is 7.78. The summed E-state index contributed by atoms with van der Waals surface area (Å²) in [5.74, 6) is -0.453. The maximum atomic E-state index is 13.2. The first-order valence-corrected chi connectivity index (χ1v) is 13.6. The zero-order valence-corrected chi connectivity index (χ0v) is 23.0. The third-order valence-electron chi connectivity index (χ3n) is 5.57. The number of carbonyl (C=O) groups is 3. The second-order valence-corrected chi connectivity index (χ2v) is 10.5. The van der Waals surface area contributed by atoms with Crippen molar-refractivity contribution in [2.24, 2.45) is 0 Å². The molecule has 0 heterocycles. The van der Waals surface area contributed by atoms with Gasteiger partial charge in [0.05, 0.1) is 5.75 Å². The number of ketones is 1. The Bertz CT molecular complexity index is 1450. The van der Waals surface area contributed by atoms with E-state index in [0.717, 1.165) is 20.5 Å². The summed E-state index contributed by atoms with van der Waals surface area (Å²) in [4.78, 5) is 39.3. The number of thioether (sulfide) groups is 1. The van der Waals surface area contributed by atoms with Crippen LogP contribution in [0.15, 0.2) is 118 Å². The van der Waals surface area contributed by atoms with Crippen LogP contribution in [0.2, 0.25) is 0 Å². The van der Waals surface area contributed by atoms with Crippen LogP contribution in [0.1, 0.15) is 31.8 Å². The molecular weight excluding hydrogens is 560 g/mol. The molecule has 7 heteroatoms. The fraction of sp³-hybridized carbons (Fsp3) is 0.0645. The predicted molar refractivity (Wildman–Crippen MR) is 157 cm³/mol. The number of Topliss-reactive ketones (excluding diaryl/α,β-unsaturated/α-hetero) is 1. The van der Waals surface area contributed by atoms with Crippen LogP contribution in [0.3, 0.4) is 0 Å². The summed E-state index contributed by atoms with van der Waals surface area (Å²) in [5.41, 5.74) is 3.69. The van der Waals surface area contributed by atoms with E-state index >= 15 is 0 Å². The van der Waals surface area contributed by atoms with Crippen molar-refractivity contribution < 1.29 is 14.4 Å². The number of benzene rings is 4. The number of amides is 2. The Labute approximate surface area is 234 Å². The van der Waals surface area contributed by atoms with E-state index < -0.39 is 5.91 Å². The predicted octanol–water partition coefficient (Wildman–Crippen LogP) is 7.14. The first kappa shape index (κ1) is 27.1. The number of rotatable bonds is 9. The van der Waals surface area contributed by atoms with Crippen molar-refractivity contribution in [3.8, 4) is 0 Å². The Balaban J connectivity index is 1.43. The number of aryl methyl sites for hydroxylation is 1. The van der Waals surface area contributed by atoms with Gasteiger partial charge >= 0.3 is 0 Å². The molecule has 0 spiro atoms. The highest BCUT2D eigenvalue weighted by Crippen LogP contribution is 2.22. The Morgan fingerprint density at radius 3 is 2.11 bits per heavy atom. The molecule has 4 aromatic carbocycles. The summed E-state index contributed by atoms with van der Waals surface area (Å²) in [6, 6.07) is 30.9. The van der Waals surface area contributed by atoms with Crippen LogP contribution in [-0.2, 0) is 4.79 Å². The van der Waals surface area contributed by atoms with Gasteiger partial charge < -0.3 is 10.6 Å². The van der Waals surface area contributed by atoms with Crippen molar-refractivity contribution in [1.82, 2.24) is 5.32 Å². The number of hydrogen-bond acceptors (Lipinski definition) is 4. The molecular formula is C31H25BrN2O3S. The number of halogens is 1. The van der Waals surface area contributed by atoms with Gasteiger partial charge in [-0.2, -0.15) is 0 Å². The summed E-state index contributed by atoms with van der Waals surface area (Å²) >= 11 is 4.84. The minimum absolute atomic E-state index is 0.0595. The molecule has 4 aromatic rings. The maximum Gasteiger partial charge on any atom is 0.272 e. The summed E-state index contributed by atoms with van der Waals surface area (Å²) < 4.78 is 0.910. The largest absolute Gasteiger partial charge is 0.321 e. The molecule has 0 aromatic heterocycles. The molecule has 2 N–H and O–H groups in total. The van der Waals surface area contributed by atoms with Crippen molar-refractivity contribution >= 4 is 57.1 Å². The molecule has 0 saturated heterocycles. The normalized spacial score (nSPS) is 11.1. The average Bonchev–Trinajstić information content (AvgIpc) is 2.94. The Hall–Kier alpha value is -3.94. The molecule has 0 saturated carbocycles. The van der Waals surface area contributed by atoms with Crippen molar-refractivity contribution in [3.05, 3.63) is 136 Å². The quantitative estimate of drug-likeness (QED) is 0.124. The van der Waals surface area contributed by atoms with E-state index in [2.05, 4.69) is 26.6 Å². The van der Waals surface area contributed by atoms with Crippen LogP contribution in [0.5, 0.6) is 0 Å². The second-order valence-electron chi connectivity index (χ2n) is 8.49. The van der Waals surface area contributed by atoms with E-state index in [1.807, 2.05) is 73.7 Å². The standard InChI is InChI=1S/C31H25BrN2O3S/c1-21-7-11-23(12-8-21)29(35)20-38-27-17-15-26(16-18-27)33-31(37)28(19-22-9-13-25(32)14-10-22)34-30(36)24-5-3-2-4-6-24/h2-19H,20H2,1H3,(H,33,37)(H,34,36)/b28-19-. The van der Waals surface area contributed by atoms with Crippen LogP contribution >= 0.6 is 27.7 Å². The minimum atomic E-state index is -0.452. The molecule has 0 radical (unpaired) electrons. The van der Waals surface area contributed by atoms with E-state index in [1.54, 1.807) is 42.5 Å². The molecule has 0 bridgehead atoms. The van der Waals surface area contributed by atoms with Crippen LogP contribution in [0, 0.1) is 6.92 Å². The number of carbonyl (C=O) groups excluding carboxylic acids is 3. The molecule has 0 unspecified atom stereocenters. The van der Waals surface area contributed by atoms with Gasteiger partial charge in [0.25, 0.3) is 11.8 Å². The average molecular weight is 586 g/mol. The van der Waals surface area contributed by atoms with Gasteiger partial charge in [0, 0.05) is 26.2 Å². The van der Waals surface area contributed by atoms with Crippen LogP contribution < -0.4 is 10.6 Å². The van der Waals surface area contributed by atoms with E-state index in [0.29, 0.717) is 22.6 Å². The molecule has 0 aliphatic heterocycles. The zero-order valence-electron chi connectivity index (χ0n) is 20.6. The first-order valence-electron chi connectivity index (χ1n) is 11.8. The third-order valence-corrected chi connectivity index (χ3v) is 7.11. The van der Waals surface area contributed by atoms with Crippen LogP contribution in [0.25, 0.3) is 6.08 Å². The summed E-state index contributed by atoms with van der Waals surface area (Å²) in [7, 11) is 0. The highest BCUT2D eigenvalue weighted by molar-refractivity contribution is 9.10. The Kier molecular flexibility index (Phi) is 9.30. The maximum absolute atomic E-state index is 13.2.